The molecule has 0 aromatic carbocycles. The number of H-pyrrole nitrogens is 1. The fourth-order valence-corrected chi connectivity index (χ4v) is 2.83. The van der Waals surface area contributed by atoms with Crippen molar-refractivity contribution in [1.82, 2.24) is 24.8 Å². The van der Waals surface area contributed by atoms with Crippen LogP contribution in [-0.2, 0) is 16.1 Å². The zero-order valence-corrected chi connectivity index (χ0v) is 14.1. The van der Waals surface area contributed by atoms with Gasteiger partial charge in [0.05, 0.1) is 19.7 Å². The van der Waals surface area contributed by atoms with Gasteiger partial charge in [0, 0.05) is 37.4 Å². The molecule has 1 saturated heterocycles. The number of nitrogens with one attached hydrogen (secondary N) is 1. The molecule has 1 N–H and O–H groups in total. The number of morpholine rings is 1. The topological polar surface area (TPSA) is 74.3 Å². The van der Waals surface area contributed by atoms with Crippen LogP contribution in [0.3, 0.4) is 0 Å². The Morgan fingerprint density at radius 1 is 1.50 bits per heavy atom. The van der Waals surface area contributed by atoms with E-state index >= 15 is 0 Å². The summed E-state index contributed by atoms with van der Waals surface area (Å²) in [5.41, 5.74) is 2.09. The van der Waals surface area contributed by atoms with Crippen LogP contribution in [0.1, 0.15) is 23.2 Å². The molecule has 3 heterocycles. The first kappa shape index (κ1) is 16.6. The van der Waals surface area contributed by atoms with Crippen LogP contribution in [0.2, 0.25) is 0 Å². The molecule has 128 valence electrons. The minimum Gasteiger partial charge on any atom is -0.367 e. The van der Waals surface area contributed by atoms with Crippen molar-refractivity contribution >= 4 is 5.91 Å². The van der Waals surface area contributed by atoms with Crippen molar-refractivity contribution in [3.63, 3.8) is 0 Å². The van der Waals surface area contributed by atoms with Gasteiger partial charge in [-0.25, -0.2) is 4.98 Å². The number of pyridine rings is 1. The van der Waals surface area contributed by atoms with Gasteiger partial charge in [-0.15, -0.1) is 0 Å². The van der Waals surface area contributed by atoms with Crippen LogP contribution in [0.5, 0.6) is 0 Å². The van der Waals surface area contributed by atoms with Gasteiger partial charge in [0.15, 0.2) is 0 Å². The summed E-state index contributed by atoms with van der Waals surface area (Å²) < 4.78 is 5.75. The molecule has 7 heteroatoms. The lowest BCUT2D eigenvalue weighted by Crippen LogP contribution is -2.46. The molecule has 0 bridgehead atoms. The van der Waals surface area contributed by atoms with Crippen molar-refractivity contribution in [2.45, 2.75) is 19.6 Å². The van der Waals surface area contributed by atoms with Crippen LogP contribution in [0.15, 0.2) is 30.7 Å². The number of hydrogen-bond donors (Lipinski definition) is 1. The summed E-state index contributed by atoms with van der Waals surface area (Å²) in [7, 11) is 1.94. The third-order valence-electron chi connectivity index (χ3n) is 4.03. The fourth-order valence-electron chi connectivity index (χ4n) is 2.83. The van der Waals surface area contributed by atoms with E-state index in [2.05, 4.69) is 15.0 Å². The van der Waals surface area contributed by atoms with Gasteiger partial charge in [-0.05, 0) is 25.6 Å². The molecular weight excluding hydrogens is 306 g/mol. The molecule has 0 unspecified atom stereocenters. The van der Waals surface area contributed by atoms with Gasteiger partial charge < -0.3 is 14.6 Å². The van der Waals surface area contributed by atoms with Crippen molar-refractivity contribution in [3.8, 4) is 0 Å². The molecule has 1 atom stereocenters. The molecule has 1 amide bonds. The van der Waals surface area contributed by atoms with Crippen LogP contribution in [0.25, 0.3) is 0 Å². The minimum absolute atomic E-state index is 0.109. The molecule has 24 heavy (non-hydrogen) atoms. The number of likely N-dealkylation sites (N-methyl/N-ethyl adjacent to an activating group) is 1. The molecule has 1 aliphatic heterocycles. The number of aromatic nitrogens is 3. The first-order chi connectivity index (χ1) is 11.6. The van der Waals surface area contributed by atoms with E-state index in [1.165, 1.54) is 0 Å². The number of hydrogen-bond acceptors (Lipinski definition) is 5. The van der Waals surface area contributed by atoms with E-state index < -0.39 is 0 Å². The summed E-state index contributed by atoms with van der Waals surface area (Å²) in [6.45, 7) is 4.71. The number of nitrogens with zero attached hydrogens (tertiary/aromatic N) is 4. The van der Waals surface area contributed by atoms with Gasteiger partial charge in [-0.3, -0.25) is 14.7 Å². The second-order valence-electron chi connectivity index (χ2n) is 6.18. The van der Waals surface area contributed by atoms with Crippen LogP contribution in [0, 0.1) is 6.92 Å². The number of amides is 1. The molecule has 1 fully saturated rings. The number of carbonyl (C=O) groups excluding carboxylic acids is 1. The van der Waals surface area contributed by atoms with E-state index in [0.717, 1.165) is 17.1 Å². The average molecular weight is 329 g/mol. The summed E-state index contributed by atoms with van der Waals surface area (Å²) in [6.07, 6.45) is 5.17. The first-order valence-corrected chi connectivity index (χ1v) is 8.10. The van der Waals surface area contributed by atoms with Gasteiger partial charge in [-0.2, -0.15) is 0 Å². The standard InChI is InChI=1S/C17H23N5O2/c1-13-8-19-17(20-13)15-11-22(6-7-24-15)16(23)12-21(2)10-14-4-3-5-18-9-14/h3-5,8-9,15H,6-7,10-12H2,1-2H3,(H,19,20)/t15-/m1/s1. The van der Waals surface area contributed by atoms with Crippen molar-refractivity contribution in [2.24, 2.45) is 0 Å². The summed E-state index contributed by atoms with van der Waals surface area (Å²) in [5.74, 6) is 0.895. The number of aryl methyl sites for hydroxylation is 1. The lowest BCUT2D eigenvalue weighted by molar-refractivity contribution is -0.140. The van der Waals surface area contributed by atoms with Crippen LogP contribution < -0.4 is 0 Å². The molecule has 1 aliphatic rings. The van der Waals surface area contributed by atoms with Gasteiger partial charge in [0.25, 0.3) is 0 Å². The average Bonchev–Trinajstić information content (AvgIpc) is 3.02. The van der Waals surface area contributed by atoms with Crippen LogP contribution in [0.4, 0.5) is 0 Å². The summed E-state index contributed by atoms with van der Waals surface area (Å²) >= 11 is 0. The molecule has 2 aromatic heterocycles. The lowest BCUT2D eigenvalue weighted by Gasteiger charge is -2.33. The largest absolute Gasteiger partial charge is 0.367 e. The van der Waals surface area contributed by atoms with E-state index in [4.69, 9.17) is 4.74 Å². The van der Waals surface area contributed by atoms with E-state index in [1.54, 1.807) is 12.4 Å². The highest BCUT2D eigenvalue weighted by Crippen LogP contribution is 2.19. The SMILES string of the molecule is Cc1cnc([C@H]2CN(C(=O)CN(C)Cc3cccnc3)CCO2)[nH]1. The Labute approximate surface area is 141 Å². The van der Waals surface area contributed by atoms with Crippen LogP contribution >= 0.6 is 0 Å². The zero-order chi connectivity index (χ0) is 16.9. The van der Waals surface area contributed by atoms with E-state index in [1.807, 2.05) is 42.1 Å². The molecule has 2 aromatic rings. The number of carbonyl (C=O) groups is 1. The van der Waals surface area contributed by atoms with Crippen molar-refractivity contribution < 1.29 is 9.53 Å². The Kier molecular flexibility index (Phi) is 5.22. The molecule has 3 rings (SSSR count). The third-order valence-corrected chi connectivity index (χ3v) is 4.03. The molecule has 0 aliphatic carbocycles. The highest BCUT2D eigenvalue weighted by Gasteiger charge is 2.27. The number of ether oxygens (including phenoxy) is 1. The predicted octanol–water partition coefficient (Wildman–Crippen LogP) is 1.15. The summed E-state index contributed by atoms with van der Waals surface area (Å²) in [4.78, 5) is 28.0. The Morgan fingerprint density at radius 2 is 2.38 bits per heavy atom. The van der Waals surface area contributed by atoms with Gasteiger partial charge in [-0.1, -0.05) is 6.07 Å². The third kappa shape index (κ3) is 4.18. The normalized spacial score (nSPS) is 18.1. The lowest BCUT2D eigenvalue weighted by atomic mass is 10.2. The summed E-state index contributed by atoms with van der Waals surface area (Å²) in [5, 5.41) is 0. The highest BCUT2D eigenvalue weighted by molar-refractivity contribution is 5.78. The molecular formula is C17H23N5O2. The molecule has 0 spiro atoms. The quantitative estimate of drug-likeness (QED) is 0.890. The van der Waals surface area contributed by atoms with E-state index in [-0.39, 0.29) is 12.0 Å². The zero-order valence-electron chi connectivity index (χ0n) is 14.1. The van der Waals surface area contributed by atoms with E-state index in [0.29, 0.717) is 32.8 Å². The van der Waals surface area contributed by atoms with Crippen molar-refractivity contribution in [3.05, 3.63) is 47.8 Å². The van der Waals surface area contributed by atoms with Crippen molar-refractivity contribution in [2.75, 3.05) is 33.3 Å². The van der Waals surface area contributed by atoms with Crippen LogP contribution in [-0.4, -0.2) is 63.9 Å². The summed E-state index contributed by atoms with van der Waals surface area (Å²) in [6, 6.07) is 3.92. The molecule has 0 saturated carbocycles. The first-order valence-electron chi connectivity index (χ1n) is 8.10. The smallest absolute Gasteiger partial charge is 0.236 e. The fraction of sp³-hybridized carbons (Fsp3) is 0.471. The highest BCUT2D eigenvalue weighted by atomic mass is 16.5. The predicted molar refractivity (Wildman–Crippen MR) is 89.2 cm³/mol. The van der Waals surface area contributed by atoms with Gasteiger partial charge >= 0.3 is 0 Å². The Hall–Kier alpha value is -2.25. The second-order valence-corrected chi connectivity index (χ2v) is 6.18. The number of rotatable bonds is 5. The Bertz CT molecular complexity index is 673. The maximum Gasteiger partial charge on any atom is 0.236 e. The maximum absolute atomic E-state index is 12.6. The Morgan fingerprint density at radius 3 is 3.08 bits per heavy atom. The van der Waals surface area contributed by atoms with Gasteiger partial charge in [0.1, 0.15) is 11.9 Å². The van der Waals surface area contributed by atoms with Gasteiger partial charge in [0.2, 0.25) is 5.91 Å². The maximum atomic E-state index is 12.6. The molecule has 0 radical (unpaired) electrons. The number of imidazole rings is 1. The Balaban J connectivity index is 1.54. The second kappa shape index (κ2) is 7.55. The number of aromatic amines is 1. The van der Waals surface area contributed by atoms with E-state index in [9.17, 15) is 4.79 Å². The monoisotopic (exact) mass is 329 g/mol. The minimum atomic E-state index is -0.181. The molecule has 7 nitrogen and oxygen atoms in total. The van der Waals surface area contributed by atoms with Crippen molar-refractivity contribution in [1.29, 1.82) is 0 Å².